The smallest absolute Gasteiger partial charge is 0.155 e. The van der Waals surface area contributed by atoms with Gasteiger partial charge in [-0.2, -0.15) is 5.10 Å². The van der Waals surface area contributed by atoms with Gasteiger partial charge in [-0.25, -0.2) is 9.50 Å². The van der Waals surface area contributed by atoms with Crippen LogP contribution in [0.15, 0.2) is 60.8 Å². The van der Waals surface area contributed by atoms with Crippen LogP contribution in [0.25, 0.3) is 38.7 Å². The second kappa shape index (κ2) is 8.18. The van der Waals surface area contributed by atoms with Gasteiger partial charge in [-0.05, 0) is 43.5 Å². The maximum absolute atomic E-state index is 4.67. The van der Waals surface area contributed by atoms with Crippen LogP contribution in [-0.4, -0.2) is 19.2 Å². The number of benzene rings is 2. The van der Waals surface area contributed by atoms with Gasteiger partial charge in [0, 0.05) is 46.2 Å². The Labute approximate surface area is 183 Å². The first-order valence-electron chi connectivity index (χ1n) is 11.5. The van der Waals surface area contributed by atoms with Gasteiger partial charge in [-0.1, -0.05) is 57.4 Å². The Balaban J connectivity index is 1.66. The molecule has 0 spiro atoms. The van der Waals surface area contributed by atoms with Crippen molar-refractivity contribution in [1.29, 1.82) is 0 Å². The second-order valence-electron chi connectivity index (χ2n) is 8.66. The van der Waals surface area contributed by atoms with Gasteiger partial charge >= 0.3 is 0 Å². The summed E-state index contributed by atoms with van der Waals surface area (Å²) in [5.41, 5.74) is 6.77. The van der Waals surface area contributed by atoms with Crippen LogP contribution in [0.1, 0.15) is 45.2 Å². The zero-order valence-electron chi connectivity index (χ0n) is 18.7. The second-order valence-corrected chi connectivity index (χ2v) is 8.66. The van der Waals surface area contributed by atoms with Crippen LogP contribution in [0.2, 0.25) is 0 Å². The summed E-state index contributed by atoms with van der Waals surface area (Å²) in [5, 5.41) is 7.30. The van der Waals surface area contributed by atoms with Gasteiger partial charge in [0.25, 0.3) is 0 Å². The number of aryl methyl sites for hydroxylation is 1. The van der Waals surface area contributed by atoms with Crippen molar-refractivity contribution in [2.45, 2.75) is 53.0 Å². The van der Waals surface area contributed by atoms with Gasteiger partial charge in [0.1, 0.15) is 0 Å². The molecular formula is C27H30N4. The van der Waals surface area contributed by atoms with E-state index in [1.807, 2.05) is 23.7 Å². The highest BCUT2D eigenvalue weighted by Gasteiger charge is 2.16. The summed E-state index contributed by atoms with van der Waals surface area (Å²) in [6.45, 7) is 7.70. The molecule has 158 valence electrons. The SMILES string of the molecule is CCCCC(CC)Cn1c2ccccc2c2cc(-c3ccnc4cc(C)nn34)ccc21. The third-order valence-corrected chi connectivity index (χ3v) is 6.53. The summed E-state index contributed by atoms with van der Waals surface area (Å²) in [6, 6.07) is 19.8. The van der Waals surface area contributed by atoms with Crippen molar-refractivity contribution in [3.63, 3.8) is 0 Å². The highest BCUT2D eigenvalue weighted by Crippen LogP contribution is 2.34. The lowest BCUT2D eigenvalue weighted by atomic mass is 9.99. The molecule has 0 N–H and O–H groups in total. The van der Waals surface area contributed by atoms with Gasteiger partial charge in [0.05, 0.1) is 11.4 Å². The first-order valence-corrected chi connectivity index (χ1v) is 11.5. The molecule has 31 heavy (non-hydrogen) atoms. The molecule has 0 amide bonds. The van der Waals surface area contributed by atoms with Gasteiger partial charge in [0.2, 0.25) is 0 Å². The summed E-state index contributed by atoms with van der Waals surface area (Å²) < 4.78 is 4.49. The lowest BCUT2D eigenvalue weighted by Crippen LogP contribution is -2.10. The van der Waals surface area contributed by atoms with E-state index in [1.54, 1.807) is 0 Å². The summed E-state index contributed by atoms with van der Waals surface area (Å²) >= 11 is 0. The van der Waals surface area contributed by atoms with E-state index in [2.05, 4.69) is 77.0 Å². The van der Waals surface area contributed by atoms with Gasteiger partial charge < -0.3 is 4.57 Å². The minimum Gasteiger partial charge on any atom is -0.340 e. The number of hydrogen-bond donors (Lipinski definition) is 0. The monoisotopic (exact) mass is 410 g/mol. The van der Waals surface area contributed by atoms with Crippen molar-refractivity contribution in [3.8, 4) is 11.3 Å². The molecule has 3 aromatic heterocycles. The lowest BCUT2D eigenvalue weighted by molar-refractivity contribution is 0.401. The van der Waals surface area contributed by atoms with Crippen molar-refractivity contribution in [3.05, 3.63) is 66.5 Å². The Hall–Kier alpha value is -3.14. The third-order valence-electron chi connectivity index (χ3n) is 6.53. The molecule has 5 rings (SSSR count). The van der Waals surface area contributed by atoms with Crippen LogP contribution in [0.5, 0.6) is 0 Å². The predicted molar refractivity (Wildman–Crippen MR) is 129 cm³/mol. The minimum atomic E-state index is 0.713. The highest BCUT2D eigenvalue weighted by atomic mass is 15.3. The summed E-state index contributed by atoms with van der Waals surface area (Å²) in [5.74, 6) is 0.713. The fourth-order valence-electron chi connectivity index (χ4n) is 4.81. The molecule has 0 bridgehead atoms. The predicted octanol–water partition coefficient (Wildman–Crippen LogP) is 7.03. The Morgan fingerprint density at radius 1 is 0.935 bits per heavy atom. The van der Waals surface area contributed by atoms with Crippen molar-refractivity contribution in [2.75, 3.05) is 0 Å². The topological polar surface area (TPSA) is 35.1 Å². The van der Waals surface area contributed by atoms with Gasteiger partial charge in [-0.3, -0.25) is 0 Å². The molecule has 4 nitrogen and oxygen atoms in total. The zero-order valence-corrected chi connectivity index (χ0v) is 18.7. The average Bonchev–Trinajstić information content (AvgIpc) is 3.33. The quantitative estimate of drug-likeness (QED) is 0.289. The summed E-state index contributed by atoms with van der Waals surface area (Å²) in [7, 11) is 0. The van der Waals surface area contributed by atoms with Crippen molar-refractivity contribution < 1.29 is 0 Å². The average molecular weight is 411 g/mol. The number of hydrogen-bond acceptors (Lipinski definition) is 2. The molecule has 0 saturated carbocycles. The molecule has 0 saturated heterocycles. The van der Waals surface area contributed by atoms with E-state index in [9.17, 15) is 0 Å². The Morgan fingerprint density at radius 3 is 2.61 bits per heavy atom. The third kappa shape index (κ3) is 3.50. The van der Waals surface area contributed by atoms with Gasteiger partial charge in [0.15, 0.2) is 5.65 Å². The van der Waals surface area contributed by atoms with E-state index < -0.39 is 0 Å². The van der Waals surface area contributed by atoms with Crippen LogP contribution in [-0.2, 0) is 6.54 Å². The molecule has 0 aliphatic heterocycles. The molecule has 1 atom stereocenters. The van der Waals surface area contributed by atoms with Crippen LogP contribution in [0, 0.1) is 12.8 Å². The van der Waals surface area contributed by atoms with Gasteiger partial charge in [-0.15, -0.1) is 0 Å². The molecule has 0 fully saturated rings. The molecule has 4 heteroatoms. The minimum absolute atomic E-state index is 0.713. The number of nitrogens with zero attached hydrogens (tertiary/aromatic N) is 4. The Morgan fingerprint density at radius 2 is 1.77 bits per heavy atom. The molecule has 0 aliphatic carbocycles. The number of para-hydroxylation sites is 1. The van der Waals surface area contributed by atoms with Crippen LogP contribution in [0.3, 0.4) is 0 Å². The number of unbranched alkanes of at least 4 members (excludes halogenated alkanes) is 1. The van der Waals surface area contributed by atoms with Crippen LogP contribution < -0.4 is 0 Å². The maximum atomic E-state index is 4.67. The number of fused-ring (bicyclic) bond motifs is 4. The van der Waals surface area contributed by atoms with Crippen LogP contribution in [0.4, 0.5) is 0 Å². The van der Waals surface area contributed by atoms with E-state index in [0.29, 0.717) is 5.92 Å². The van der Waals surface area contributed by atoms with E-state index in [-0.39, 0.29) is 0 Å². The number of rotatable bonds is 7. The molecule has 5 aromatic rings. The van der Waals surface area contributed by atoms with Crippen molar-refractivity contribution in [2.24, 2.45) is 5.92 Å². The molecule has 0 aliphatic rings. The first-order chi connectivity index (χ1) is 15.2. The lowest BCUT2D eigenvalue weighted by Gasteiger charge is -2.17. The van der Waals surface area contributed by atoms with E-state index in [1.165, 1.54) is 53.1 Å². The highest BCUT2D eigenvalue weighted by molar-refractivity contribution is 6.09. The molecule has 0 radical (unpaired) electrons. The Bertz CT molecular complexity index is 1360. The fourth-order valence-corrected chi connectivity index (χ4v) is 4.81. The maximum Gasteiger partial charge on any atom is 0.155 e. The summed E-state index contributed by atoms with van der Waals surface area (Å²) in [6.07, 6.45) is 6.97. The molecular weight excluding hydrogens is 380 g/mol. The normalized spacial score (nSPS) is 12.9. The molecule has 3 heterocycles. The largest absolute Gasteiger partial charge is 0.340 e. The van der Waals surface area contributed by atoms with Crippen molar-refractivity contribution in [1.82, 2.24) is 19.2 Å². The van der Waals surface area contributed by atoms with E-state index >= 15 is 0 Å². The first kappa shape index (κ1) is 19.8. The molecule has 1 unspecified atom stereocenters. The molecule has 2 aromatic carbocycles. The van der Waals surface area contributed by atoms with Crippen molar-refractivity contribution >= 4 is 27.5 Å². The van der Waals surface area contributed by atoms with E-state index in [0.717, 1.165) is 23.6 Å². The zero-order chi connectivity index (χ0) is 21.4. The summed E-state index contributed by atoms with van der Waals surface area (Å²) in [4.78, 5) is 4.47. The van der Waals surface area contributed by atoms with Crippen LogP contribution >= 0.6 is 0 Å². The number of aromatic nitrogens is 4. The standard InChI is InChI=1S/C27H30N4/c1-4-6-9-20(5-2)18-30-25-11-8-7-10-22(25)23-17-21(12-13-26(23)30)24-14-15-28-27-16-19(3)29-31(24)27/h7-8,10-17,20H,4-6,9,18H2,1-3H3. The van der Waals surface area contributed by atoms with E-state index in [4.69, 9.17) is 0 Å². The fraction of sp³-hybridized carbons (Fsp3) is 0.333. The Kier molecular flexibility index (Phi) is 5.23.